The van der Waals surface area contributed by atoms with Crippen LogP contribution in [-0.2, 0) is 19.5 Å². The van der Waals surface area contributed by atoms with Crippen LogP contribution in [0.15, 0.2) is 79.1 Å². The molecular weight excluding hydrogens is 374 g/mol. The Morgan fingerprint density at radius 2 is 1.73 bits per heavy atom. The zero-order chi connectivity index (χ0) is 21.0. The van der Waals surface area contributed by atoms with E-state index >= 15 is 0 Å². The summed E-state index contributed by atoms with van der Waals surface area (Å²) in [6, 6.07) is 22.3. The van der Waals surface area contributed by atoms with Gasteiger partial charge in [-0.2, -0.15) is 0 Å². The predicted molar refractivity (Wildman–Crippen MR) is 120 cm³/mol. The van der Waals surface area contributed by atoms with Crippen molar-refractivity contribution in [3.05, 3.63) is 95.8 Å². The molecule has 0 saturated carbocycles. The van der Waals surface area contributed by atoms with E-state index < -0.39 is 6.10 Å². The SMILES string of the molecule is CN(Cc1ccccc1)C[C@@H](O)COc1ccc(CNCCc2cccnc2)cc1. The predicted octanol–water partition coefficient (Wildman–Crippen LogP) is 3.29. The van der Waals surface area contributed by atoms with Crippen LogP contribution < -0.4 is 10.1 Å². The summed E-state index contributed by atoms with van der Waals surface area (Å²) >= 11 is 0. The number of ether oxygens (including phenoxy) is 1. The summed E-state index contributed by atoms with van der Waals surface area (Å²) in [5.74, 6) is 0.777. The van der Waals surface area contributed by atoms with E-state index in [4.69, 9.17) is 4.74 Å². The first-order valence-electron chi connectivity index (χ1n) is 10.4. The fraction of sp³-hybridized carbons (Fsp3) is 0.320. The monoisotopic (exact) mass is 405 g/mol. The molecule has 0 aliphatic rings. The molecule has 0 aliphatic heterocycles. The molecule has 2 aromatic carbocycles. The molecule has 0 aliphatic carbocycles. The number of hydrogen-bond acceptors (Lipinski definition) is 5. The molecule has 0 spiro atoms. The van der Waals surface area contributed by atoms with Gasteiger partial charge in [0, 0.05) is 32.0 Å². The van der Waals surface area contributed by atoms with E-state index in [-0.39, 0.29) is 6.61 Å². The highest BCUT2D eigenvalue weighted by molar-refractivity contribution is 5.27. The molecule has 3 rings (SSSR count). The van der Waals surface area contributed by atoms with Crippen LogP contribution in [0.1, 0.15) is 16.7 Å². The summed E-state index contributed by atoms with van der Waals surface area (Å²) in [7, 11) is 2.01. The Balaban J connectivity index is 1.32. The summed E-state index contributed by atoms with van der Waals surface area (Å²) < 4.78 is 5.75. The van der Waals surface area contributed by atoms with Crippen LogP contribution in [-0.4, -0.2) is 47.8 Å². The molecule has 30 heavy (non-hydrogen) atoms. The highest BCUT2D eigenvalue weighted by atomic mass is 16.5. The lowest BCUT2D eigenvalue weighted by molar-refractivity contribution is 0.0744. The standard InChI is InChI=1S/C25H31N3O2/c1-28(18-23-6-3-2-4-7-23)19-24(29)20-30-25-11-9-22(10-12-25)17-27-15-13-21-8-5-14-26-16-21/h2-12,14,16,24,27,29H,13,15,17-20H2,1H3/t24-/m1/s1. The summed E-state index contributed by atoms with van der Waals surface area (Å²) in [5.41, 5.74) is 3.68. The Kier molecular flexibility index (Phi) is 8.84. The van der Waals surface area contributed by atoms with E-state index in [1.165, 1.54) is 16.7 Å². The van der Waals surface area contributed by atoms with E-state index in [0.29, 0.717) is 6.54 Å². The fourth-order valence-corrected chi connectivity index (χ4v) is 3.28. The zero-order valence-corrected chi connectivity index (χ0v) is 17.6. The van der Waals surface area contributed by atoms with E-state index in [2.05, 4.69) is 45.5 Å². The number of nitrogens with one attached hydrogen (secondary N) is 1. The van der Waals surface area contributed by atoms with Crippen molar-refractivity contribution >= 4 is 0 Å². The molecule has 3 aromatic rings. The number of nitrogens with zero attached hydrogens (tertiary/aromatic N) is 2. The molecule has 0 fully saturated rings. The number of aliphatic hydroxyl groups excluding tert-OH is 1. The van der Waals surface area contributed by atoms with Gasteiger partial charge in [0.25, 0.3) is 0 Å². The van der Waals surface area contributed by atoms with Crippen molar-refractivity contribution in [2.24, 2.45) is 0 Å². The van der Waals surface area contributed by atoms with Crippen molar-refractivity contribution < 1.29 is 9.84 Å². The van der Waals surface area contributed by atoms with Gasteiger partial charge >= 0.3 is 0 Å². The van der Waals surface area contributed by atoms with E-state index in [1.807, 2.05) is 49.6 Å². The molecule has 1 aromatic heterocycles. The highest BCUT2D eigenvalue weighted by Gasteiger charge is 2.10. The van der Waals surface area contributed by atoms with Gasteiger partial charge in [0.05, 0.1) is 0 Å². The van der Waals surface area contributed by atoms with Crippen molar-refractivity contribution in [1.29, 1.82) is 0 Å². The van der Waals surface area contributed by atoms with Gasteiger partial charge in [-0.05, 0) is 54.9 Å². The number of pyridine rings is 1. The van der Waals surface area contributed by atoms with Gasteiger partial charge in [0.2, 0.25) is 0 Å². The minimum Gasteiger partial charge on any atom is -0.491 e. The molecule has 0 radical (unpaired) electrons. The average molecular weight is 406 g/mol. The third-order valence-corrected chi connectivity index (χ3v) is 4.83. The van der Waals surface area contributed by atoms with E-state index in [0.717, 1.165) is 31.8 Å². The summed E-state index contributed by atoms with van der Waals surface area (Å²) in [6.07, 6.45) is 4.13. The van der Waals surface area contributed by atoms with Gasteiger partial charge in [-0.1, -0.05) is 48.5 Å². The first-order chi connectivity index (χ1) is 14.7. The lowest BCUT2D eigenvalue weighted by atomic mass is 10.2. The van der Waals surface area contributed by atoms with Gasteiger partial charge in [0.1, 0.15) is 18.5 Å². The molecule has 158 valence electrons. The lowest BCUT2D eigenvalue weighted by Gasteiger charge is -2.21. The van der Waals surface area contributed by atoms with Gasteiger partial charge in [-0.3, -0.25) is 9.88 Å². The molecule has 1 atom stereocenters. The molecule has 0 unspecified atom stereocenters. The smallest absolute Gasteiger partial charge is 0.119 e. The number of likely N-dealkylation sites (N-methyl/N-ethyl adjacent to an activating group) is 1. The second-order valence-electron chi connectivity index (χ2n) is 7.58. The van der Waals surface area contributed by atoms with Crippen LogP contribution in [0.25, 0.3) is 0 Å². The molecular formula is C25H31N3O2. The van der Waals surface area contributed by atoms with Gasteiger partial charge in [-0.15, -0.1) is 0 Å². The van der Waals surface area contributed by atoms with Crippen LogP contribution in [0.4, 0.5) is 0 Å². The van der Waals surface area contributed by atoms with Crippen molar-refractivity contribution in [2.45, 2.75) is 25.6 Å². The third-order valence-electron chi connectivity index (χ3n) is 4.83. The maximum absolute atomic E-state index is 10.3. The second kappa shape index (κ2) is 12.1. The van der Waals surface area contributed by atoms with Crippen molar-refractivity contribution in [1.82, 2.24) is 15.2 Å². The van der Waals surface area contributed by atoms with Crippen LogP contribution in [0.2, 0.25) is 0 Å². The summed E-state index contributed by atoms with van der Waals surface area (Å²) in [6.45, 7) is 3.37. The third kappa shape index (κ3) is 7.95. The maximum atomic E-state index is 10.3. The number of rotatable bonds is 12. The minimum atomic E-state index is -0.535. The summed E-state index contributed by atoms with van der Waals surface area (Å²) in [4.78, 5) is 6.23. The number of aromatic nitrogens is 1. The van der Waals surface area contributed by atoms with E-state index in [1.54, 1.807) is 6.20 Å². The lowest BCUT2D eigenvalue weighted by Crippen LogP contribution is -2.32. The second-order valence-corrected chi connectivity index (χ2v) is 7.58. The Morgan fingerprint density at radius 1 is 0.967 bits per heavy atom. The molecule has 1 heterocycles. The molecule has 0 amide bonds. The topological polar surface area (TPSA) is 57.6 Å². The minimum absolute atomic E-state index is 0.280. The molecule has 0 saturated heterocycles. The highest BCUT2D eigenvalue weighted by Crippen LogP contribution is 2.13. The largest absolute Gasteiger partial charge is 0.491 e. The first kappa shape index (κ1) is 22.0. The summed E-state index contributed by atoms with van der Waals surface area (Å²) in [5, 5.41) is 13.7. The van der Waals surface area contributed by atoms with Gasteiger partial charge in [-0.25, -0.2) is 0 Å². The first-order valence-corrected chi connectivity index (χ1v) is 10.4. The Bertz CT molecular complexity index is 841. The zero-order valence-electron chi connectivity index (χ0n) is 17.6. The quantitative estimate of drug-likeness (QED) is 0.453. The van der Waals surface area contributed by atoms with Gasteiger partial charge < -0.3 is 15.2 Å². The van der Waals surface area contributed by atoms with Crippen LogP contribution in [0.5, 0.6) is 5.75 Å². The van der Waals surface area contributed by atoms with Crippen molar-refractivity contribution in [2.75, 3.05) is 26.7 Å². The Hall–Kier alpha value is -2.73. The number of benzene rings is 2. The molecule has 5 heteroatoms. The van der Waals surface area contributed by atoms with Gasteiger partial charge in [0.15, 0.2) is 0 Å². The maximum Gasteiger partial charge on any atom is 0.119 e. The average Bonchev–Trinajstić information content (AvgIpc) is 2.77. The fourth-order valence-electron chi connectivity index (χ4n) is 3.28. The van der Waals surface area contributed by atoms with Crippen molar-refractivity contribution in [3.63, 3.8) is 0 Å². The molecule has 2 N–H and O–H groups in total. The van der Waals surface area contributed by atoms with Crippen LogP contribution in [0.3, 0.4) is 0 Å². The Labute approximate surface area is 179 Å². The number of hydrogen-bond donors (Lipinski definition) is 2. The van der Waals surface area contributed by atoms with Crippen LogP contribution in [0, 0.1) is 0 Å². The normalized spacial score (nSPS) is 12.1. The van der Waals surface area contributed by atoms with E-state index in [9.17, 15) is 5.11 Å². The molecule has 0 bridgehead atoms. The number of aliphatic hydroxyl groups is 1. The molecule has 5 nitrogen and oxygen atoms in total. The van der Waals surface area contributed by atoms with Crippen LogP contribution >= 0.6 is 0 Å². The van der Waals surface area contributed by atoms with Crippen molar-refractivity contribution in [3.8, 4) is 5.75 Å². The Morgan fingerprint density at radius 3 is 2.47 bits per heavy atom.